The summed E-state index contributed by atoms with van der Waals surface area (Å²) in [4.78, 5) is 21.4. The lowest BCUT2D eigenvalue weighted by Crippen LogP contribution is -2.43. The van der Waals surface area contributed by atoms with Gasteiger partial charge in [-0.3, -0.25) is 0 Å². The monoisotopic (exact) mass is 366 g/mol. The van der Waals surface area contributed by atoms with Gasteiger partial charge in [-0.25, -0.2) is 9.78 Å². The number of carbonyl (C=O) groups is 1. The van der Waals surface area contributed by atoms with E-state index in [-0.39, 0.29) is 12.1 Å². The number of amides is 1. The number of ether oxygens (including phenoxy) is 1. The van der Waals surface area contributed by atoms with Crippen LogP contribution in [-0.2, 0) is 11.3 Å². The second-order valence-electron chi connectivity index (χ2n) is 7.08. The van der Waals surface area contributed by atoms with Crippen molar-refractivity contribution in [3.8, 4) is 0 Å². The minimum absolute atomic E-state index is 0.0536. The molecular formula is C21H26N4O2. The van der Waals surface area contributed by atoms with E-state index in [0.717, 1.165) is 62.5 Å². The summed E-state index contributed by atoms with van der Waals surface area (Å²) in [6, 6.07) is 14.0. The van der Waals surface area contributed by atoms with Crippen molar-refractivity contribution in [2.24, 2.45) is 0 Å². The lowest BCUT2D eigenvalue weighted by Gasteiger charge is -2.29. The normalized spacial score (nSPS) is 19.9. The van der Waals surface area contributed by atoms with E-state index in [9.17, 15) is 4.79 Å². The molecule has 1 aromatic carbocycles. The Labute approximate surface area is 160 Å². The summed E-state index contributed by atoms with van der Waals surface area (Å²) in [6.07, 6.45) is 3.62. The Bertz CT molecular complexity index is 745. The van der Waals surface area contributed by atoms with Crippen LogP contribution < -0.4 is 10.2 Å². The number of carbonyl (C=O) groups excluding carboxylic acids is 1. The molecule has 0 bridgehead atoms. The van der Waals surface area contributed by atoms with Gasteiger partial charge in [-0.05, 0) is 30.0 Å². The zero-order valence-electron chi connectivity index (χ0n) is 15.5. The molecular weight excluding hydrogens is 340 g/mol. The molecule has 2 saturated heterocycles. The van der Waals surface area contributed by atoms with Crippen LogP contribution in [0.3, 0.4) is 0 Å². The molecule has 2 aromatic rings. The van der Waals surface area contributed by atoms with Crippen molar-refractivity contribution >= 4 is 11.9 Å². The number of nitrogens with zero attached hydrogens (tertiary/aromatic N) is 3. The lowest BCUT2D eigenvalue weighted by atomic mass is 10.1. The van der Waals surface area contributed by atoms with Gasteiger partial charge in [0, 0.05) is 38.9 Å². The Balaban J connectivity index is 1.39. The first kappa shape index (κ1) is 17.8. The largest absolute Gasteiger partial charge is 0.445 e. The predicted molar refractivity (Wildman–Crippen MR) is 105 cm³/mol. The summed E-state index contributed by atoms with van der Waals surface area (Å²) in [6.45, 7) is 4.99. The molecule has 0 unspecified atom stereocenters. The predicted octanol–water partition coefficient (Wildman–Crippen LogP) is 2.96. The molecule has 4 rings (SSSR count). The highest BCUT2D eigenvalue weighted by molar-refractivity contribution is 5.68. The van der Waals surface area contributed by atoms with Crippen molar-refractivity contribution in [2.75, 3.05) is 37.6 Å². The van der Waals surface area contributed by atoms with E-state index in [1.54, 1.807) is 0 Å². The van der Waals surface area contributed by atoms with Crippen molar-refractivity contribution < 1.29 is 9.53 Å². The summed E-state index contributed by atoms with van der Waals surface area (Å²) < 4.78 is 5.53. The number of anilines is 1. The van der Waals surface area contributed by atoms with E-state index >= 15 is 0 Å². The van der Waals surface area contributed by atoms with Gasteiger partial charge in [0.2, 0.25) is 0 Å². The van der Waals surface area contributed by atoms with Crippen LogP contribution in [0.25, 0.3) is 0 Å². The summed E-state index contributed by atoms with van der Waals surface area (Å²) in [7, 11) is 0. The number of hydrogen-bond acceptors (Lipinski definition) is 5. The molecule has 1 atom stereocenters. The number of nitrogens with one attached hydrogen (secondary N) is 1. The van der Waals surface area contributed by atoms with Crippen molar-refractivity contribution in [1.82, 2.24) is 15.2 Å². The summed E-state index contributed by atoms with van der Waals surface area (Å²) in [5.74, 6) is 1.01. The van der Waals surface area contributed by atoms with Crippen LogP contribution in [0.1, 0.15) is 30.0 Å². The first-order valence-corrected chi connectivity index (χ1v) is 9.70. The number of likely N-dealkylation sites (tertiary alicyclic amines) is 1. The van der Waals surface area contributed by atoms with E-state index in [2.05, 4.69) is 27.3 Å². The molecule has 1 aromatic heterocycles. The molecule has 27 heavy (non-hydrogen) atoms. The highest BCUT2D eigenvalue weighted by Crippen LogP contribution is 2.32. The number of piperazine rings is 1. The van der Waals surface area contributed by atoms with Crippen LogP contribution in [0.2, 0.25) is 0 Å². The van der Waals surface area contributed by atoms with Crippen molar-refractivity contribution in [1.29, 1.82) is 0 Å². The van der Waals surface area contributed by atoms with Gasteiger partial charge in [0.05, 0.1) is 6.04 Å². The second kappa shape index (κ2) is 8.39. The van der Waals surface area contributed by atoms with E-state index in [1.807, 2.05) is 41.4 Å². The maximum atomic E-state index is 12.6. The molecule has 3 heterocycles. The Morgan fingerprint density at radius 3 is 2.67 bits per heavy atom. The number of pyridine rings is 1. The number of aromatic nitrogens is 1. The van der Waals surface area contributed by atoms with Crippen LogP contribution in [0.4, 0.5) is 10.6 Å². The van der Waals surface area contributed by atoms with E-state index < -0.39 is 0 Å². The molecule has 2 aliphatic rings. The van der Waals surface area contributed by atoms with Gasteiger partial charge in [0.15, 0.2) is 0 Å². The first-order chi connectivity index (χ1) is 13.3. The Kier molecular flexibility index (Phi) is 5.53. The standard InChI is InChI=1S/C21H26N4O2/c26-21(27-16-17-5-2-1-3-6-17)25-12-4-7-19(25)18-8-9-20(23-15-18)24-13-10-22-11-14-24/h1-3,5-6,8-9,15,19,22H,4,7,10-14,16H2/t19-/m0/s1. The fourth-order valence-electron chi connectivity index (χ4n) is 3.81. The molecule has 0 spiro atoms. The molecule has 1 N–H and O–H groups in total. The third-order valence-electron chi connectivity index (χ3n) is 5.29. The minimum Gasteiger partial charge on any atom is -0.445 e. The highest BCUT2D eigenvalue weighted by atomic mass is 16.6. The SMILES string of the molecule is O=C(OCc1ccccc1)N1CCC[C@H]1c1ccc(N2CCNCC2)nc1. The van der Waals surface area contributed by atoms with Crippen LogP contribution in [0.15, 0.2) is 48.7 Å². The van der Waals surface area contributed by atoms with Gasteiger partial charge >= 0.3 is 6.09 Å². The minimum atomic E-state index is -0.243. The van der Waals surface area contributed by atoms with Gasteiger partial charge in [-0.2, -0.15) is 0 Å². The van der Waals surface area contributed by atoms with Crippen molar-refractivity contribution in [3.05, 3.63) is 59.8 Å². The van der Waals surface area contributed by atoms with E-state index in [1.165, 1.54) is 0 Å². The quantitative estimate of drug-likeness (QED) is 0.902. The van der Waals surface area contributed by atoms with Gasteiger partial charge in [0.25, 0.3) is 0 Å². The zero-order valence-corrected chi connectivity index (χ0v) is 15.5. The van der Waals surface area contributed by atoms with Crippen molar-refractivity contribution in [3.63, 3.8) is 0 Å². The second-order valence-corrected chi connectivity index (χ2v) is 7.08. The Morgan fingerprint density at radius 2 is 1.93 bits per heavy atom. The molecule has 0 radical (unpaired) electrons. The maximum absolute atomic E-state index is 12.6. The molecule has 6 nitrogen and oxygen atoms in total. The summed E-state index contributed by atoms with van der Waals surface area (Å²) in [5, 5.41) is 3.36. The zero-order chi connectivity index (χ0) is 18.5. The van der Waals surface area contributed by atoms with E-state index in [4.69, 9.17) is 4.74 Å². The van der Waals surface area contributed by atoms with Gasteiger partial charge < -0.3 is 19.9 Å². The topological polar surface area (TPSA) is 57.7 Å². The smallest absolute Gasteiger partial charge is 0.410 e. The van der Waals surface area contributed by atoms with Crippen LogP contribution in [-0.4, -0.2) is 48.7 Å². The van der Waals surface area contributed by atoms with Gasteiger partial charge in [0.1, 0.15) is 12.4 Å². The maximum Gasteiger partial charge on any atom is 0.410 e. The van der Waals surface area contributed by atoms with Gasteiger partial charge in [-0.1, -0.05) is 36.4 Å². The average Bonchev–Trinajstić information content (AvgIpc) is 3.24. The average molecular weight is 366 g/mol. The number of rotatable bonds is 4. The molecule has 2 fully saturated rings. The first-order valence-electron chi connectivity index (χ1n) is 9.70. The van der Waals surface area contributed by atoms with E-state index in [0.29, 0.717) is 6.61 Å². The molecule has 6 heteroatoms. The molecule has 2 aliphatic heterocycles. The van der Waals surface area contributed by atoms with Crippen LogP contribution in [0.5, 0.6) is 0 Å². The third kappa shape index (κ3) is 4.22. The third-order valence-corrected chi connectivity index (χ3v) is 5.29. The summed E-state index contributed by atoms with van der Waals surface area (Å²) >= 11 is 0. The van der Waals surface area contributed by atoms with Crippen molar-refractivity contribution in [2.45, 2.75) is 25.5 Å². The highest BCUT2D eigenvalue weighted by Gasteiger charge is 2.31. The lowest BCUT2D eigenvalue weighted by molar-refractivity contribution is 0.0920. The summed E-state index contributed by atoms with van der Waals surface area (Å²) in [5.41, 5.74) is 2.09. The molecule has 0 aliphatic carbocycles. The molecule has 0 saturated carbocycles. The Morgan fingerprint density at radius 1 is 1.11 bits per heavy atom. The van der Waals surface area contributed by atoms with Crippen LogP contribution in [0, 0.1) is 0 Å². The molecule has 1 amide bonds. The van der Waals surface area contributed by atoms with Crippen LogP contribution >= 0.6 is 0 Å². The Hall–Kier alpha value is -2.60. The fraction of sp³-hybridized carbons (Fsp3) is 0.429. The molecule has 142 valence electrons. The number of hydrogen-bond donors (Lipinski definition) is 1. The fourth-order valence-corrected chi connectivity index (χ4v) is 3.81. The number of benzene rings is 1. The van der Waals surface area contributed by atoms with Gasteiger partial charge in [-0.15, -0.1) is 0 Å².